The van der Waals surface area contributed by atoms with Gasteiger partial charge in [-0.2, -0.15) is 8.78 Å². The molecule has 0 unspecified atom stereocenters. The lowest BCUT2D eigenvalue weighted by Crippen LogP contribution is -2.50. The van der Waals surface area contributed by atoms with E-state index in [4.69, 9.17) is 0 Å². The third kappa shape index (κ3) is 4.47. The van der Waals surface area contributed by atoms with Gasteiger partial charge in [-0.3, -0.25) is 9.59 Å². The lowest BCUT2D eigenvalue weighted by molar-refractivity contribution is 0.0536. The fourth-order valence-electron chi connectivity index (χ4n) is 2.81. The molecule has 0 bridgehead atoms. The number of hydrogen-bond acceptors (Lipinski definition) is 4. The number of carbonyl (C=O) groups excluding carboxylic acids is 2. The van der Waals surface area contributed by atoms with Crippen LogP contribution in [0.2, 0.25) is 0 Å². The highest BCUT2D eigenvalue weighted by atomic mass is 32.2. The number of halogens is 3. The lowest BCUT2D eigenvalue weighted by atomic mass is 10.1. The van der Waals surface area contributed by atoms with Crippen LogP contribution in [0.3, 0.4) is 0 Å². The van der Waals surface area contributed by atoms with Crippen molar-refractivity contribution < 1.29 is 22.8 Å². The van der Waals surface area contributed by atoms with Crippen molar-refractivity contribution in [3.05, 3.63) is 51.5 Å². The minimum Gasteiger partial charge on any atom is -0.335 e. The van der Waals surface area contributed by atoms with Gasteiger partial charge in [-0.25, -0.2) is 4.39 Å². The van der Waals surface area contributed by atoms with Crippen LogP contribution in [-0.2, 0) is 0 Å². The van der Waals surface area contributed by atoms with Crippen LogP contribution in [0, 0.1) is 12.7 Å². The smallest absolute Gasteiger partial charge is 0.288 e. The van der Waals surface area contributed by atoms with Crippen LogP contribution in [0.15, 0.2) is 34.5 Å². The average Bonchev–Trinajstić information content (AvgIpc) is 3.10. The zero-order valence-electron chi connectivity index (χ0n) is 14.5. The molecule has 9 heteroatoms. The van der Waals surface area contributed by atoms with E-state index in [0.717, 1.165) is 11.3 Å². The van der Waals surface area contributed by atoms with E-state index < -0.39 is 11.6 Å². The Morgan fingerprint density at radius 1 is 1.07 bits per heavy atom. The summed E-state index contributed by atoms with van der Waals surface area (Å²) in [5.74, 6) is -3.61. The Morgan fingerprint density at radius 3 is 2.30 bits per heavy atom. The zero-order valence-corrected chi connectivity index (χ0v) is 16.1. The van der Waals surface area contributed by atoms with E-state index in [-0.39, 0.29) is 22.3 Å². The van der Waals surface area contributed by atoms with Gasteiger partial charge >= 0.3 is 0 Å². The summed E-state index contributed by atoms with van der Waals surface area (Å²) in [7, 11) is 0. The molecule has 4 nitrogen and oxygen atoms in total. The zero-order chi connectivity index (χ0) is 19.6. The first-order valence-electron chi connectivity index (χ1n) is 8.24. The Kier molecular flexibility index (Phi) is 6.11. The number of hydrogen-bond donors (Lipinski definition) is 0. The van der Waals surface area contributed by atoms with Gasteiger partial charge in [0.2, 0.25) is 0 Å². The van der Waals surface area contributed by atoms with Crippen LogP contribution >= 0.6 is 23.1 Å². The molecule has 1 fully saturated rings. The van der Waals surface area contributed by atoms with Crippen LogP contribution in [0.1, 0.15) is 25.6 Å². The number of piperazine rings is 1. The molecule has 1 aliphatic rings. The van der Waals surface area contributed by atoms with Gasteiger partial charge < -0.3 is 9.80 Å². The number of rotatable bonds is 4. The van der Waals surface area contributed by atoms with Gasteiger partial charge in [0.15, 0.2) is 0 Å². The summed E-state index contributed by atoms with van der Waals surface area (Å²) in [6.07, 6.45) is 0. The molecule has 2 aromatic rings. The molecule has 0 spiro atoms. The van der Waals surface area contributed by atoms with Gasteiger partial charge in [-0.05, 0) is 36.1 Å². The molecular formula is C18H17F3N2O2S2. The summed E-state index contributed by atoms with van der Waals surface area (Å²) in [6.45, 7) is 2.84. The fourth-order valence-corrected chi connectivity index (χ4v) is 4.47. The van der Waals surface area contributed by atoms with E-state index in [1.54, 1.807) is 34.2 Å². The highest BCUT2D eigenvalue weighted by molar-refractivity contribution is 7.99. The summed E-state index contributed by atoms with van der Waals surface area (Å²) in [5, 5.41) is 1.61. The second kappa shape index (κ2) is 8.35. The number of benzene rings is 1. The molecule has 0 atom stereocenters. The predicted octanol–water partition coefficient (Wildman–Crippen LogP) is 4.11. The molecular weight excluding hydrogens is 397 g/mol. The van der Waals surface area contributed by atoms with Crippen molar-refractivity contribution in [2.45, 2.75) is 17.6 Å². The Labute approximate surface area is 163 Å². The lowest BCUT2D eigenvalue weighted by Gasteiger charge is -2.34. The number of aryl methyl sites for hydroxylation is 1. The highest BCUT2D eigenvalue weighted by Gasteiger charge is 2.28. The fraction of sp³-hybridized carbons (Fsp3) is 0.333. The van der Waals surface area contributed by atoms with Crippen LogP contribution in [0.5, 0.6) is 0 Å². The second-order valence-electron chi connectivity index (χ2n) is 6.04. The largest absolute Gasteiger partial charge is 0.335 e. The monoisotopic (exact) mass is 414 g/mol. The van der Waals surface area contributed by atoms with E-state index in [2.05, 4.69) is 0 Å². The average molecular weight is 414 g/mol. The Bertz CT molecular complexity index is 849. The van der Waals surface area contributed by atoms with Gasteiger partial charge in [0.05, 0.1) is 0 Å². The van der Waals surface area contributed by atoms with Crippen molar-refractivity contribution in [2.75, 3.05) is 26.2 Å². The molecule has 27 heavy (non-hydrogen) atoms. The highest BCUT2D eigenvalue weighted by Crippen LogP contribution is 2.33. The predicted molar refractivity (Wildman–Crippen MR) is 99.1 cm³/mol. The number of nitrogens with zero attached hydrogens (tertiary/aromatic N) is 2. The first-order valence-corrected chi connectivity index (χ1v) is 9.99. The maximum Gasteiger partial charge on any atom is 0.288 e. The first-order chi connectivity index (χ1) is 12.9. The van der Waals surface area contributed by atoms with Crippen LogP contribution in [0.4, 0.5) is 13.2 Å². The van der Waals surface area contributed by atoms with E-state index in [1.165, 1.54) is 12.1 Å². The van der Waals surface area contributed by atoms with E-state index in [0.29, 0.717) is 48.4 Å². The molecule has 0 radical (unpaired) electrons. The third-order valence-electron chi connectivity index (χ3n) is 4.31. The van der Waals surface area contributed by atoms with Gasteiger partial charge in [0.25, 0.3) is 17.6 Å². The SMILES string of the molecule is Cc1ccc(C(=O)N2CCN(C(=O)c3sccc3SC(F)F)CC2)cc1F. The molecule has 2 heterocycles. The minimum atomic E-state index is -2.59. The summed E-state index contributed by atoms with van der Waals surface area (Å²) in [4.78, 5) is 28.8. The Balaban J connectivity index is 1.63. The number of thiophene rings is 1. The maximum atomic E-state index is 13.7. The molecule has 0 saturated carbocycles. The first kappa shape index (κ1) is 19.8. The quantitative estimate of drug-likeness (QED) is 0.707. The third-order valence-corrected chi connectivity index (χ3v) is 6.12. The Hall–Kier alpha value is -2.00. The topological polar surface area (TPSA) is 40.6 Å². The van der Waals surface area contributed by atoms with Crippen LogP contribution in [-0.4, -0.2) is 53.6 Å². The molecule has 1 aromatic heterocycles. The molecule has 1 aromatic carbocycles. The maximum absolute atomic E-state index is 13.7. The molecule has 2 amide bonds. The number of thioether (sulfide) groups is 1. The van der Waals surface area contributed by atoms with Crippen LogP contribution < -0.4 is 0 Å². The molecule has 144 valence electrons. The molecule has 1 aliphatic heterocycles. The van der Waals surface area contributed by atoms with E-state index in [1.807, 2.05) is 0 Å². The molecule has 3 rings (SSSR count). The van der Waals surface area contributed by atoms with E-state index in [9.17, 15) is 22.8 Å². The van der Waals surface area contributed by atoms with Crippen molar-refractivity contribution in [2.24, 2.45) is 0 Å². The number of carbonyl (C=O) groups is 2. The summed E-state index contributed by atoms with van der Waals surface area (Å²) < 4.78 is 38.9. The normalized spacial score (nSPS) is 14.7. The van der Waals surface area contributed by atoms with Crippen molar-refractivity contribution >= 4 is 34.9 Å². The molecule has 1 saturated heterocycles. The van der Waals surface area contributed by atoms with Crippen molar-refractivity contribution in [3.63, 3.8) is 0 Å². The van der Waals surface area contributed by atoms with Crippen molar-refractivity contribution in [3.8, 4) is 0 Å². The summed E-state index contributed by atoms with van der Waals surface area (Å²) >= 11 is 1.49. The number of amides is 2. The standard InChI is InChI=1S/C18H17F3N2O2S2/c1-11-2-3-12(10-13(11)19)16(24)22-5-7-23(8-6-22)17(25)15-14(4-9-26-15)27-18(20)21/h2-4,9-10,18H,5-8H2,1H3. The molecule has 0 aliphatic carbocycles. The van der Waals surface area contributed by atoms with Crippen molar-refractivity contribution in [1.82, 2.24) is 9.80 Å². The minimum absolute atomic E-state index is 0.270. The van der Waals surface area contributed by atoms with Crippen LogP contribution in [0.25, 0.3) is 0 Å². The summed E-state index contributed by atoms with van der Waals surface area (Å²) in [5.41, 5.74) is 0.738. The Morgan fingerprint density at radius 2 is 1.70 bits per heavy atom. The number of alkyl halides is 2. The van der Waals surface area contributed by atoms with Gasteiger partial charge in [0, 0.05) is 36.6 Å². The van der Waals surface area contributed by atoms with Gasteiger partial charge in [-0.15, -0.1) is 11.3 Å². The second-order valence-corrected chi connectivity index (χ2v) is 7.99. The van der Waals surface area contributed by atoms with Gasteiger partial charge in [-0.1, -0.05) is 17.8 Å². The van der Waals surface area contributed by atoms with E-state index >= 15 is 0 Å². The van der Waals surface area contributed by atoms with Gasteiger partial charge in [0.1, 0.15) is 10.7 Å². The summed E-state index contributed by atoms with van der Waals surface area (Å²) in [6, 6.07) is 5.87. The molecule has 0 N–H and O–H groups in total. The van der Waals surface area contributed by atoms with Crippen molar-refractivity contribution in [1.29, 1.82) is 0 Å².